The van der Waals surface area contributed by atoms with Crippen LogP contribution in [-0.2, 0) is 9.53 Å². The molecule has 6 aromatic rings. The Kier molecular flexibility index (Phi) is 6.98. The van der Waals surface area contributed by atoms with E-state index in [-0.39, 0.29) is 24.5 Å². The Bertz CT molecular complexity index is 2060. The number of esters is 1. The first-order valence-electron chi connectivity index (χ1n) is 14.7. The quantitative estimate of drug-likeness (QED) is 0.174. The summed E-state index contributed by atoms with van der Waals surface area (Å²) in [5.74, 6) is -0.586. The molecule has 1 saturated carbocycles. The number of nitrogens with one attached hydrogen (secondary N) is 2. The van der Waals surface area contributed by atoms with Gasteiger partial charge in [0.1, 0.15) is 17.7 Å². The molecule has 7 rings (SSSR count). The van der Waals surface area contributed by atoms with E-state index in [9.17, 15) is 14.0 Å². The highest BCUT2D eigenvalue weighted by atomic mass is 19.1. The molecule has 10 heteroatoms. The molecule has 4 aromatic carbocycles. The van der Waals surface area contributed by atoms with Gasteiger partial charge in [-0.2, -0.15) is 0 Å². The van der Waals surface area contributed by atoms with Crippen LogP contribution in [0.2, 0.25) is 0 Å². The molecule has 222 valence electrons. The minimum Gasteiger partial charge on any atom is -0.461 e. The number of carbonyl (C=O) groups excluding carboxylic acids is 2. The summed E-state index contributed by atoms with van der Waals surface area (Å²) in [6, 6.07) is 24.4. The molecule has 0 aliphatic heterocycles. The van der Waals surface area contributed by atoms with Crippen molar-refractivity contribution in [1.82, 2.24) is 14.5 Å². The lowest BCUT2D eigenvalue weighted by Gasteiger charge is -2.30. The smallest absolute Gasteiger partial charge is 0.319 e. The Labute approximate surface area is 252 Å². The molecule has 2 aromatic heterocycles. The molecule has 1 aliphatic rings. The molecule has 2 heterocycles. The van der Waals surface area contributed by atoms with Crippen LogP contribution < -0.4 is 16.8 Å². The Morgan fingerprint density at radius 1 is 0.977 bits per heavy atom. The van der Waals surface area contributed by atoms with E-state index in [1.807, 2.05) is 36.4 Å². The first-order chi connectivity index (χ1) is 21.4. The van der Waals surface area contributed by atoms with E-state index in [2.05, 4.69) is 33.1 Å². The molecule has 0 unspecified atom stereocenters. The number of hydrogen-bond donors (Lipinski definition) is 4. The molecule has 44 heavy (non-hydrogen) atoms. The highest BCUT2D eigenvalue weighted by Crippen LogP contribution is 2.39. The number of para-hydroxylation sites is 1. The summed E-state index contributed by atoms with van der Waals surface area (Å²) in [4.78, 5) is 32.2. The number of anilines is 1. The molecule has 9 nitrogen and oxygen atoms in total. The number of nitrogens with two attached hydrogens (primary N) is 2. The van der Waals surface area contributed by atoms with Crippen LogP contribution in [0.4, 0.5) is 10.1 Å². The fourth-order valence-electron chi connectivity index (χ4n) is 6.39. The Balaban J connectivity index is 1.30. The number of aromatic amines is 1. The first-order valence-corrected chi connectivity index (χ1v) is 14.7. The van der Waals surface area contributed by atoms with Crippen molar-refractivity contribution in [2.45, 2.75) is 37.8 Å². The monoisotopic (exact) mass is 590 g/mol. The number of ether oxygens (including phenoxy) is 1. The van der Waals surface area contributed by atoms with Gasteiger partial charge in [-0.3, -0.25) is 9.59 Å². The van der Waals surface area contributed by atoms with Crippen LogP contribution in [0, 0.1) is 5.82 Å². The lowest BCUT2D eigenvalue weighted by molar-refractivity contribution is -0.148. The third kappa shape index (κ3) is 4.92. The Morgan fingerprint density at radius 2 is 1.77 bits per heavy atom. The second-order valence-corrected chi connectivity index (χ2v) is 11.2. The van der Waals surface area contributed by atoms with Gasteiger partial charge in [0, 0.05) is 33.8 Å². The number of benzene rings is 4. The van der Waals surface area contributed by atoms with E-state index in [0.717, 1.165) is 45.9 Å². The Hall–Kier alpha value is -5.22. The standard InChI is InChI=1S/C34H31FN6O3/c35-19-8-15-26-28(16-19)40-34(39-26)25-5-3-7-30-32(25)24-4-1-2-6-29(24)41(30)21-11-14-23(33(37)43)27(17-21)38-20-9-12-22(13-10-20)44-31(42)18-36/h1-8,11,14-17,20,22,38H,9-10,12-13,18,36H2,(H2,37,43)(H,39,40)/t20-,22-. The second kappa shape index (κ2) is 11.1. The van der Waals surface area contributed by atoms with Gasteiger partial charge in [-0.1, -0.05) is 30.3 Å². The number of aromatic nitrogens is 3. The molecular weight excluding hydrogens is 559 g/mol. The van der Waals surface area contributed by atoms with Gasteiger partial charge in [-0.05, 0) is 74.2 Å². The summed E-state index contributed by atoms with van der Waals surface area (Å²) in [6.07, 6.45) is 2.80. The molecule has 0 saturated heterocycles. The number of amides is 1. The fraction of sp³-hybridized carbons (Fsp3) is 0.206. The maximum atomic E-state index is 13.9. The minimum absolute atomic E-state index is 0.0823. The number of hydrogen-bond acceptors (Lipinski definition) is 6. The third-order valence-corrected chi connectivity index (χ3v) is 8.42. The number of halogens is 1. The maximum absolute atomic E-state index is 13.9. The van der Waals surface area contributed by atoms with Crippen LogP contribution in [0.1, 0.15) is 36.0 Å². The topological polar surface area (TPSA) is 141 Å². The number of H-pyrrole nitrogens is 1. The van der Waals surface area contributed by atoms with Crippen molar-refractivity contribution in [3.63, 3.8) is 0 Å². The van der Waals surface area contributed by atoms with Crippen LogP contribution in [-0.4, -0.2) is 45.1 Å². The van der Waals surface area contributed by atoms with E-state index in [1.165, 1.54) is 12.1 Å². The molecule has 0 atom stereocenters. The van der Waals surface area contributed by atoms with E-state index in [4.69, 9.17) is 21.2 Å². The molecule has 0 spiro atoms. The van der Waals surface area contributed by atoms with Crippen molar-refractivity contribution in [1.29, 1.82) is 0 Å². The number of imidazole rings is 1. The third-order valence-electron chi connectivity index (χ3n) is 8.42. The van der Waals surface area contributed by atoms with Gasteiger partial charge in [-0.25, -0.2) is 9.37 Å². The average Bonchev–Trinajstić information content (AvgIpc) is 3.60. The zero-order chi connectivity index (χ0) is 30.4. The summed E-state index contributed by atoms with van der Waals surface area (Å²) in [7, 11) is 0. The summed E-state index contributed by atoms with van der Waals surface area (Å²) < 4.78 is 21.5. The van der Waals surface area contributed by atoms with E-state index in [0.29, 0.717) is 41.0 Å². The van der Waals surface area contributed by atoms with Crippen molar-refractivity contribution in [2.24, 2.45) is 11.5 Å². The minimum atomic E-state index is -0.518. The van der Waals surface area contributed by atoms with Gasteiger partial charge < -0.3 is 31.1 Å². The number of carbonyl (C=O) groups is 2. The van der Waals surface area contributed by atoms with E-state index >= 15 is 0 Å². The van der Waals surface area contributed by atoms with Crippen LogP contribution in [0.3, 0.4) is 0 Å². The number of primary amides is 1. The van der Waals surface area contributed by atoms with Crippen molar-refractivity contribution >= 4 is 50.4 Å². The van der Waals surface area contributed by atoms with Crippen LogP contribution in [0.15, 0.2) is 78.9 Å². The molecule has 0 radical (unpaired) electrons. The SMILES string of the molecule is NCC(=O)O[C@H]1CC[C@H](Nc2cc(-n3c4ccccc4c4c(-c5nc6ccc(F)cc6[nH]5)cccc43)ccc2C(N)=O)CC1. The van der Waals surface area contributed by atoms with E-state index < -0.39 is 11.9 Å². The fourth-order valence-corrected chi connectivity index (χ4v) is 6.39. The van der Waals surface area contributed by atoms with Crippen molar-refractivity contribution in [3.8, 4) is 17.1 Å². The van der Waals surface area contributed by atoms with Gasteiger partial charge in [0.15, 0.2) is 0 Å². The summed E-state index contributed by atoms with van der Waals surface area (Å²) in [6.45, 7) is -0.130. The predicted molar refractivity (Wildman–Crippen MR) is 169 cm³/mol. The van der Waals surface area contributed by atoms with Crippen molar-refractivity contribution in [2.75, 3.05) is 11.9 Å². The lowest BCUT2D eigenvalue weighted by Crippen LogP contribution is -2.33. The summed E-state index contributed by atoms with van der Waals surface area (Å²) >= 11 is 0. The molecular formula is C34H31FN6O3. The molecule has 6 N–H and O–H groups in total. The van der Waals surface area contributed by atoms with Gasteiger partial charge in [0.05, 0.1) is 34.2 Å². The van der Waals surface area contributed by atoms with Crippen LogP contribution in [0.5, 0.6) is 0 Å². The van der Waals surface area contributed by atoms with Crippen LogP contribution >= 0.6 is 0 Å². The molecule has 1 fully saturated rings. The molecule has 1 aliphatic carbocycles. The van der Waals surface area contributed by atoms with Crippen molar-refractivity contribution in [3.05, 3.63) is 90.2 Å². The largest absolute Gasteiger partial charge is 0.461 e. The zero-order valence-electron chi connectivity index (χ0n) is 23.8. The highest BCUT2D eigenvalue weighted by Gasteiger charge is 2.25. The number of nitrogens with zero attached hydrogens (tertiary/aromatic N) is 2. The zero-order valence-corrected chi connectivity index (χ0v) is 23.8. The van der Waals surface area contributed by atoms with Crippen molar-refractivity contribution < 1.29 is 18.7 Å². The molecule has 0 bridgehead atoms. The highest BCUT2D eigenvalue weighted by molar-refractivity contribution is 6.15. The van der Waals surface area contributed by atoms with Crippen LogP contribution in [0.25, 0.3) is 49.9 Å². The first kappa shape index (κ1) is 27.6. The van der Waals surface area contributed by atoms with Gasteiger partial charge in [0.2, 0.25) is 0 Å². The predicted octanol–water partition coefficient (Wildman–Crippen LogP) is 5.79. The van der Waals surface area contributed by atoms with Gasteiger partial charge in [0.25, 0.3) is 5.91 Å². The molecule has 1 amide bonds. The second-order valence-electron chi connectivity index (χ2n) is 11.2. The Morgan fingerprint density at radius 3 is 2.57 bits per heavy atom. The summed E-state index contributed by atoms with van der Waals surface area (Å²) in [5.41, 5.74) is 17.3. The number of rotatable bonds is 7. The number of fused-ring (bicyclic) bond motifs is 4. The van der Waals surface area contributed by atoms with Gasteiger partial charge in [-0.15, -0.1) is 0 Å². The average molecular weight is 591 g/mol. The normalized spacial score (nSPS) is 16.9. The van der Waals surface area contributed by atoms with Gasteiger partial charge >= 0.3 is 5.97 Å². The summed E-state index contributed by atoms with van der Waals surface area (Å²) in [5, 5.41) is 5.58. The lowest BCUT2D eigenvalue weighted by atomic mass is 9.92. The van der Waals surface area contributed by atoms with E-state index in [1.54, 1.807) is 12.1 Å². The maximum Gasteiger partial charge on any atom is 0.319 e.